The van der Waals surface area contributed by atoms with Gasteiger partial charge >= 0.3 is 9.53 Å². The third-order valence-corrected chi connectivity index (χ3v) is 5.28. The summed E-state index contributed by atoms with van der Waals surface area (Å²) in [7, 11) is -1.96. The molecule has 1 fully saturated rings. The molecule has 0 aliphatic heterocycles. The van der Waals surface area contributed by atoms with Gasteiger partial charge in [0.1, 0.15) is 0 Å². The Balaban J connectivity index is 2.15. The molecule has 0 aromatic carbocycles. The van der Waals surface area contributed by atoms with Crippen LogP contribution in [0.25, 0.3) is 0 Å². The normalized spacial score (nSPS) is 17.7. The zero-order chi connectivity index (χ0) is 14.6. The van der Waals surface area contributed by atoms with Gasteiger partial charge in [-0.3, -0.25) is 0 Å². The highest BCUT2D eigenvalue weighted by Gasteiger charge is 2.15. The molecule has 1 N–H and O–H groups in total. The Hall–Kier alpha value is -0.363. The lowest BCUT2D eigenvalue weighted by molar-refractivity contribution is 0.128. The Morgan fingerprint density at radius 2 is 1.80 bits per heavy atom. The van der Waals surface area contributed by atoms with E-state index < -0.39 is 9.53 Å². The van der Waals surface area contributed by atoms with Crippen LogP contribution in [-0.2, 0) is 13.3 Å². The molecule has 0 heterocycles. The molecular weight excluding hydrogens is 270 g/mol. The lowest BCUT2D eigenvalue weighted by Crippen LogP contribution is -2.31. The molecule has 0 amide bonds. The average Bonchev–Trinajstić information content (AvgIpc) is 2.45. The Morgan fingerprint density at radius 3 is 2.40 bits per heavy atom. The second-order valence-electron chi connectivity index (χ2n) is 5.21. The van der Waals surface area contributed by atoms with Crippen molar-refractivity contribution in [3.63, 3.8) is 0 Å². The van der Waals surface area contributed by atoms with Crippen molar-refractivity contribution >= 4 is 9.53 Å². The SMILES string of the molecule is CCO[SiH](OCC)OC(C)=CCCNC1CCCCC1. The van der Waals surface area contributed by atoms with Gasteiger partial charge in [0.2, 0.25) is 0 Å². The number of hydrogen-bond acceptors (Lipinski definition) is 4. The molecule has 4 nitrogen and oxygen atoms in total. The molecule has 0 bridgehead atoms. The number of nitrogens with one attached hydrogen (secondary N) is 1. The van der Waals surface area contributed by atoms with Gasteiger partial charge in [-0.25, -0.2) is 0 Å². The third-order valence-electron chi connectivity index (χ3n) is 3.50. The van der Waals surface area contributed by atoms with Crippen molar-refractivity contribution in [2.75, 3.05) is 19.8 Å². The molecule has 5 heteroatoms. The summed E-state index contributed by atoms with van der Waals surface area (Å²) in [6, 6.07) is 0.729. The van der Waals surface area contributed by atoms with E-state index in [0.717, 1.165) is 24.8 Å². The maximum atomic E-state index is 5.75. The van der Waals surface area contributed by atoms with Gasteiger partial charge in [-0.1, -0.05) is 19.3 Å². The highest BCUT2D eigenvalue weighted by atomic mass is 28.3. The monoisotopic (exact) mass is 301 g/mol. The molecule has 0 unspecified atom stereocenters. The summed E-state index contributed by atoms with van der Waals surface area (Å²) in [5.41, 5.74) is 0. The fourth-order valence-electron chi connectivity index (χ4n) is 2.46. The molecular formula is C15H31NO3Si. The fraction of sp³-hybridized carbons (Fsp3) is 0.867. The molecule has 118 valence electrons. The number of allylic oxidation sites excluding steroid dienone is 1. The molecule has 1 saturated carbocycles. The van der Waals surface area contributed by atoms with E-state index in [1.165, 1.54) is 32.1 Å². The minimum atomic E-state index is -1.96. The van der Waals surface area contributed by atoms with Crippen LogP contribution in [0.4, 0.5) is 0 Å². The summed E-state index contributed by atoms with van der Waals surface area (Å²) < 4.78 is 16.7. The topological polar surface area (TPSA) is 39.7 Å². The van der Waals surface area contributed by atoms with Crippen LogP contribution in [0.15, 0.2) is 11.8 Å². The molecule has 1 aliphatic carbocycles. The predicted octanol–water partition coefficient (Wildman–Crippen LogP) is 3.01. The van der Waals surface area contributed by atoms with Gasteiger partial charge in [0.05, 0.1) is 5.76 Å². The summed E-state index contributed by atoms with van der Waals surface area (Å²) in [5, 5.41) is 3.63. The second-order valence-corrected chi connectivity index (χ2v) is 6.69. The van der Waals surface area contributed by atoms with Crippen LogP contribution in [0, 0.1) is 0 Å². The first kappa shape index (κ1) is 17.7. The minimum Gasteiger partial charge on any atom is -0.507 e. The Kier molecular flexibility index (Phi) is 10.0. The zero-order valence-corrected chi connectivity index (χ0v) is 14.5. The molecule has 0 aromatic rings. The Bertz CT molecular complexity index is 262. The van der Waals surface area contributed by atoms with Gasteiger partial charge in [-0.15, -0.1) is 0 Å². The maximum absolute atomic E-state index is 5.75. The Labute approximate surface area is 125 Å². The standard InChI is InChI=1S/C15H31NO3Si/c1-4-17-20(18-5-2)19-14(3)10-9-13-16-15-11-7-6-8-12-15/h10,15-16,20H,4-9,11-13H2,1-3H3. The van der Waals surface area contributed by atoms with Crippen molar-refractivity contribution in [1.82, 2.24) is 5.32 Å². The largest absolute Gasteiger partial charge is 0.549 e. The van der Waals surface area contributed by atoms with Crippen molar-refractivity contribution in [2.45, 2.75) is 65.3 Å². The van der Waals surface area contributed by atoms with Crippen molar-refractivity contribution < 1.29 is 13.3 Å². The predicted molar refractivity (Wildman–Crippen MR) is 84.7 cm³/mol. The minimum absolute atomic E-state index is 0.646. The van der Waals surface area contributed by atoms with Crippen molar-refractivity contribution in [1.29, 1.82) is 0 Å². The van der Waals surface area contributed by atoms with Crippen LogP contribution in [0.3, 0.4) is 0 Å². The maximum Gasteiger partial charge on any atom is 0.549 e. The highest BCUT2D eigenvalue weighted by molar-refractivity contribution is 6.36. The summed E-state index contributed by atoms with van der Waals surface area (Å²) >= 11 is 0. The lowest BCUT2D eigenvalue weighted by Gasteiger charge is -2.22. The van der Waals surface area contributed by atoms with E-state index in [1.54, 1.807) is 0 Å². The first-order valence-electron chi connectivity index (χ1n) is 8.06. The van der Waals surface area contributed by atoms with E-state index in [4.69, 9.17) is 13.3 Å². The van der Waals surface area contributed by atoms with Gasteiger partial charge in [-0.05, 0) is 52.7 Å². The van der Waals surface area contributed by atoms with E-state index in [2.05, 4.69) is 11.4 Å². The van der Waals surface area contributed by atoms with E-state index in [0.29, 0.717) is 13.2 Å². The first-order chi connectivity index (χ1) is 9.76. The van der Waals surface area contributed by atoms with Crippen LogP contribution >= 0.6 is 0 Å². The zero-order valence-electron chi connectivity index (χ0n) is 13.3. The van der Waals surface area contributed by atoms with E-state index in [-0.39, 0.29) is 0 Å². The van der Waals surface area contributed by atoms with Crippen LogP contribution < -0.4 is 5.32 Å². The second kappa shape index (κ2) is 11.3. The van der Waals surface area contributed by atoms with Crippen molar-refractivity contribution in [2.24, 2.45) is 0 Å². The number of hydrogen-bond donors (Lipinski definition) is 1. The van der Waals surface area contributed by atoms with Gasteiger partial charge in [0, 0.05) is 19.3 Å². The van der Waals surface area contributed by atoms with Gasteiger partial charge in [0.25, 0.3) is 0 Å². The van der Waals surface area contributed by atoms with Gasteiger partial charge < -0.3 is 18.6 Å². The van der Waals surface area contributed by atoms with Gasteiger partial charge in [-0.2, -0.15) is 0 Å². The van der Waals surface area contributed by atoms with Crippen LogP contribution in [0.2, 0.25) is 0 Å². The smallest absolute Gasteiger partial charge is 0.507 e. The molecule has 0 aromatic heterocycles. The van der Waals surface area contributed by atoms with Crippen LogP contribution in [0.1, 0.15) is 59.3 Å². The van der Waals surface area contributed by atoms with E-state index in [1.807, 2.05) is 20.8 Å². The fourth-order valence-corrected chi connectivity index (χ4v) is 3.63. The van der Waals surface area contributed by atoms with Crippen LogP contribution in [-0.4, -0.2) is 35.3 Å². The first-order valence-corrected chi connectivity index (χ1v) is 9.47. The van der Waals surface area contributed by atoms with Crippen molar-refractivity contribution in [3.8, 4) is 0 Å². The molecule has 0 radical (unpaired) electrons. The molecule has 20 heavy (non-hydrogen) atoms. The summed E-state index contributed by atoms with van der Waals surface area (Å²) in [5.74, 6) is 0.925. The summed E-state index contributed by atoms with van der Waals surface area (Å²) in [4.78, 5) is 0. The molecule has 1 aliphatic rings. The highest BCUT2D eigenvalue weighted by Crippen LogP contribution is 2.17. The molecule has 1 rings (SSSR count). The summed E-state index contributed by atoms with van der Waals surface area (Å²) in [6.45, 7) is 8.24. The molecule has 0 atom stereocenters. The van der Waals surface area contributed by atoms with Crippen molar-refractivity contribution in [3.05, 3.63) is 11.8 Å². The van der Waals surface area contributed by atoms with Gasteiger partial charge in [0.15, 0.2) is 0 Å². The number of rotatable bonds is 10. The van der Waals surface area contributed by atoms with E-state index >= 15 is 0 Å². The van der Waals surface area contributed by atoms with E-state index in [9.17, 15) is 0 Å². The van der Waals surface area contributed by atoms with Crippen LogP contribution in [0.5, 0.6) is 0 Å². The molecule has 0 spiro atoms. The Morgan fingerprint density at radius 1 is 1.15 bits per heavy atom. The lowest BCUT2D eigenvalue weighted by atomic mass is 9.95. The summed E-state index contributed by atoms with van der Waals surface area (Å²) in [6.07, 6.45) is 9.98. The quantitative estimate of drug-likeness (QED) is 0.382. The average molecular weight is 302 g/mol. The third kappa shape index (κ3) is 8.04. The molecule has 0 saturated heterocycles.